The zero-order valence-corrected chi connectivity index (χ0v) is 15.8. The summed E-state index contributed by atoms with van der Waals surface area (Å²) in [7, 11) is 1.65. The Morgan fingerprint density at radius 3 is 2.86 bits per heavy atom. The molecule has 6 nitrogen and oxygen atoms in total. The zero-order valence-electron chi connectivity index (χ0n) is 15.8. The van der Waals surface area contributed by atoms with Gasteiger partial charge in [0.05, 0.1) is 7.11 Å². The molecule has 28 heavy (non-hydrogen) atoms. The normalized spacial score (nSPS) is 13.0. The van der Waals surface area contributed by atoms with E-state index < -0.39 is 0 Å². The molecule has 0 radical (unpaired) electrons. The smallest absolute Gasteiger partial charge is 0.277 e. The van der Waals surface area contributed by atoms with Gasteiger partial charge in [0.2, 0.25) is 0 Å². The van der Waals surface area contributed by atoms with E-state index in [4.69, 9.17) is 4.74 Å². The lowest BCUT2D eigenvalue weighted by molar-refractivity contribution is 0.0980. The molecule has 142 valence electrons. The van der Waals surface area contributed by atoms with Gasteiger partial charge in [-0.25, -0.2) is 9.97 Å². The molecule has 1 N–H and O–H groups in total. The Morgan fingerprint density at radius 2 is 1.96 bits per heavy atom. The quantitative estimate of drug-likeness (QED) is 0.738. The van der Waals surface area contributed by atoms with Gasteiger partial charge in [-0.1, -0.05) is 36.4 Å². The van der Waals surface area contributed by atoms with Crippen molar-refractivity contribution in [3.05, 3.63) is 77.7 Å². The Labute approximate surface area is 164 Å². The summed E-state index contributed by atoms with van der Waals surface area (Å²) in [6.07, 6.45) is 3.37. The highest BCUT2D eigenvalue weighted by atomic mass is 16.5. The van der Waals surface area contributed by atoms with Gasteiger partial charge in [-0.2, -0.15) is 0 Å². The minimum absolute atomic E-state index is 0.102. The first-order valence-electron chi connectivity index (χ1n) is 9.34. The van der Waals surface area contributed by atoms with Gasteiger partial charge in [-0.05, 0) is 30.5 Å². The number of para-hydroxylation sites is 2. The third-order valence-corrected chi connectivity index (χ3v) is 4.89. The number of nitrogens with zero attached hydrogens (tertiary/aromatic N) is 3. The summed E-state index contributed by atoms with van der Waals surface area (Å²) in [6, 6.07) is 17.5. The van der Waals surface area contributed by atoms with E-state index >= 15 is 0 Å². The van der Waals surface area contributed by atoms with Crippen LogP contribution in [0.15, 0.2) is 60.9 Å². The van der Waals surface area contributed by atoms with E-state index in [-0.39, 0.29) is 5.91 Å². The van der Waals surface area contributed by atoms with Crippen molar-refractivity contribution < 1.29 is 9.53 Å². The molecule has 3 aromatic rings. The van der Waals surface area contributed by atoms with Crippen molar-refractivity contribution in [1.29, 1.82) is 0 Å². The topological polar surface area (TPSA) is 67.3 Å². The zero-order chi connectivity index (χ0) is 19.3. The number of methoxy groups -OCH3 is 1. The number of amides is 1. The Hall–Kier alpha value is -3.41. The second-order valence-electron chi connectivity index (χ2n) is 6.64. The molecule has 0 saturated carbocycles. The second-order valence-corrected chi connectivity index (χ2v) is 6.64. The fraction of sp³-hybridized carbons (Fsp3) is 0.227. The van der Waals surface area contributed by atoms with Crippen molar-refractivity contribution in [2.75, 3.05) is 23.9 Å². The van der Waals surface area contributed by atoms with Crippen LogP contribution >= 0.6 is 0 Å². The lowest BCUT2D eigenvalue weighted by Crippen LogP contribution is -2.36. The van der Waals surface area contributed by atoms with E-state index in [9.17, 15) is 4.79 Å². The minimum Gasteiger partial charge on any atom is -0.496 e. The van der Waals surface area contributed by atoms with Crippen LogP contribution in [0.25, 0.3) is 0 Å². The lowest BCUT2D eigenvalue weighted by atomic mass is 10.0. The molecule has 0 aliphatic carbocycles. The van der Waals surface area contributed by atoms with E-state index in [1.165, 1.54) is 11.9 Å². The van der Waals surface area contributed by atoms with Gasteiger partial charge in [0.25, 0.3) is 5.91 Å². The predicted octanol–water partition coefficient (Wildman–Crippen LogP) is 3.69. The molecule has 0 atom stereocenters. The van der Waals surface area contributed by atoms with E-state index in [1.54, 1.807) is 13.2 Å². The SMILES string of the molecule is COc1ccccc1CNc1cc(C(=O)N2CCCc3ccccc32)ncn1. The number of fused-ring (bicyclic) bond motifs is 1. The molecule has 1 aromatic heterocycles. The van der Waals surface area contributed by atoms with E-state index in [0.717, 1.165) is 29.8 Å². The third kappa shape index (κ3) is 3.67. The molecule has 2 heterocycles. The Balaban J connectivity index is 1.52. The molecule has 4 rings (SSSR count). The van der Waals surface area contributed by atoms with Gasteiger partial charge in [-0.3, -0.25) is 4.79 Å². The number of hydrogen-bond donors (Lipinski definition) is 1. The van der Waals surface area contributed by atoms with Crippen molar-refractivity contribution in [1.82, 2.24) is 9.97 Å². The highest BCUT2D eigenvalue weighted by Crippen LogP contribution is 2.28. The van der Waals surface area contributed by atoms with Crippen LogP contribution in [-0.4, -0.2) is 29.5 Å². The molecular weight excluding hydrogens is 352 g/mol. The highest BCUT2D eigenvalue weighted by Gasteiger charge is 2.24. The van der Waals surface area contributed by atoms with Crippen molar-refractivity contribution in [3.63, 3.8) is 0 Å². The van der Waals surface area contributed by atoms with Gasteiger partial charge in [0.1, 0.15) is 23.6 Å². The molecular formula is C22H22N4O2. The molecule has 0 fully saturated rings. The summed E-state index contributed by atoms with van der Waals surface area (Å²) in [4.78, 5) is 23.3. The van der Waals surface area contributed by atoms with E-state index in [2.05, 4.69) is 21.4 Å². The number of benzene rings is 2. The molecule has 6 heteroatoms. The van der Waals surface area contributed by atoms with Crippen LogP contribution in [0.2, 0.25) is 0 Å². The van der Waals surface area contributed by atoms with Crippen molar-refractivity contribution in [2.24, 2.45) is 0 Å². The molecule has 0 spiro atoms. The minimum atomic E-state index is -0.102. The first kappa shape index (κ1) is 18.0. The summed E-state index contributed by atoms with van der Waals surface area (Å²) >= 11 is 0. The van der Waals surface area contributed by atoms with E-state index in [0.29, 0.717) is 24.6 Å². The predicted molar refractivity (Wildman–Crippen MR) is 109 cm³/mol. The molecule has 1 amide bonds. The largest absolute Gasteiger partial charge is 0.496 e. The van der Waals surface area contributed by atoms with Crippen LogP contribution in [0, 0.1) is 0 Å². The Kier molecular flexibility index (Phi) is 5.19. The molecule has 0 unspecified atom stereocenters. The summed E-state index contributed by atoms with van der Waals surface area (Å²) in [5.74, 6) is 1.31. The number of carbonyl (C=O) groups is 1. The first-order valence-corrected chi connectivity index (χ1v) is 9.34. The van der Waals surface area contributed by atoms with Crippen LogP contribution < -0.4 is 15.0 Å². The van der Waals surface area contributed by atoms with E-state index in [1.807, 2.05) is 47.4 Å². The number of aromatic nitrogens is 2. The maximum Gasteiger partial charge on any atom is 0.277 e. The lowest BCUT2D eigenvalue weighted by Gasteiger charge is -2.29. The summed E-state index contributed by atoms with van der Waals surface area (Å²) in [6.45, 7) is 1.24. The number of carbonyl (C=O) groups excluding carboxylic acids is 1. The summed E-state index contributed by atoms with van der Waals surface area (Å²) in [5, 5.41) is 3.25. The highest BCUT2D eigenvalue weighted by molar-refractivity contribution is 6.05. The van der Waals surface area contributed by atoms with Crippen LogP contribution in [0.3, 0.4) is 0 Å². The van der Waals surface area contributed by atoms with Crippen molar-refractivity contribution in [2.45, 2.75) is 19.4 Å². The van der Waals surface area contributed by atoms with Gasteiger partial charge >= 0.3 is 0 Å². The number of anilines is 2. The summed E-state index contributed by atoms with van der Waals surface area (Å²) < 4.78 is 5.37. The first-order chi connectivity index (χ1) is 13.8. The summed E-state index contributed by atoms with van der Waals surface area (Å²) in [5.41, 5.74) is 3.57. The maximum absolute atomic E-state index is 13.1. The average molecular weight is 374 g/mol. The maximum atomic E-state index is 13.1. The van der Waals surface area contributed by atoms with Crippen LogP contribution in [-0.2, 0) is 13.0 Å². The fourth-order valence-corrected chi connectivity index (χ4v) is 3.49. The van der Waals surface area contributed by atoms with Crippen molar-refractivity contribution in [3.8, 4) is 5.75 Å². The molecule has 2 aromatic carbocycles. The molecule has 0 bridgehead atoms. The van der Waals surface area contributed by atoms with Gasteiger partial charge in [-0.15, -0.1) is 0 Å². The van der Waals surface area contributed by atoms with Crippen LogP contribution in [0.5, 0.6) is 5.75 Å². The Bertz CT molecular complexity index is 990. The number of hydrogen-bond acceptors (Lipinski definition) is 5. The van der Waals surface area contributed by atoms with Gasteiger partial charge in [0, 0.05) is 30.4 Å². The number of aryl methyl sites for hydroxylation is 1. The van der Waals surface area contributed by atoms with Crippen LogP contribution in [0.4, 0.5) is 11.5 Å². The van der Waals surface area contributed by atoms with Gasteiger partial charge < -0.3 is 15.0 Å². The van der Waals surface area contributed by atoms with Crippen LogP contribution in [0.1, 0.15) is 28.0 Å². The monoisotopic (exact) mass is 374 g/mol. The van der Waals surface area contributed by atoms with Crippen molar-refractivity contribution >= 4 is 17.4 Å². The number of ether oxygens (including phenoxy) is 1. The second kappa shape index (κ2) is 8.08. The molecule has 0 saturated heterocycles. The number of nitrogens with one attached hydrogen (secondary N) is 1. The third-order valence-electron chi connectivity index (χ3n) is 4.89. The van der Waals surface area contributed by atoms with Gasteiger partial charge in [0.15, 0.2) is 0 Å². The Morgan fingerprint density at radius 1 is 1.14 bits per heavy atom. The standard InChI is InChI=1S/C22H22N4O2/c1-28-20-11-5-3-8-17(20)14-23-21-13-18(24-15-25-21)22(27)26-12-6-9-16-7-2-4-10-19(16)26/h2-5,7-8,10-11,13,15H,6,9,12,14H2,1H3,(H,23,24,25). The average Bonchev–Trinajstić information content (AvgIpc) is 2.77. The molecule has 1 aliphatic rings. The molecule has 1 aliphatic heterocycles. The fourth-order valence-electron chi connectivity index (χ4n) is 3.49. The number of rotatable bonds is 5.